The van der Waals surface area contributed by atoms with Gasteiger partial charge in [0.1, 0.15) is 11.9 Å². The predicted molar refractivity (Wildman–Crippen MR) is 94.2 cm³/mol. The zero-order chi connectivity index (χ0) is 16.2. The van der Waals surface area contributed by atoms with Crippen LogP contribution in [0.15, 0.2) is 22.9 Å². The quantitative estimate of drug-likeness (QED) is 0.805. The van der Waals surface area contributed by atoms with E-state index >= 15 is 0 Å². The summed E-state index contributed by atoms with van der Waals surface area (Å²) < 4.78 is 5.64. The molecule has 0 spiro atoms. The van der Waals surface area contributed by atoms with Crippen molar-refractivity contribution in [2.75, 3.05) is 7.05 Å². The summed E-state index contributed by atoms with van der Waals surface area (Å²) in [5.41, 5.74) is 0.943. The largest absolute Gasteiger partial charge is 0.506 e. The number of carbonyl (C=O) groups is 1. The summed E-state index contributed by atoms with van der Waals surface area (Å²) in [4.78, 5) is 14.0. The van der Waals surface area contributed by atoms with E-state index in [-0.39, 0.29) is 24.2 Å². The Morgan fingerprint density at radius 2 is 2.00 bits per heavy atom. The molecule has 0 amide bonds. The van der Waals surface area contributed by atoms with Gasteiger partial charge >= 0.3 is 5.97 Å². The zero-order valence-corrected chi connectivity index (χ0v) is 14.7. The maximum Gasteiger partial charge on any atom is 0.311 e. The molecular formula is C17H21NO3S2. The molecule has 124 valence electrons. The van der Waals surface area contributed by atoms with Crippen molar-refractivity contribution in [1.82, 2.24) is 5.32 Å². The fourth-order valence-electron chi connectivity index (χ4n) is 3.01. The molecule has 1 aliphatic carbocycles. The summed E-state index contributed by atoms with van der Waals surface area (Å²) in [6.07, 6.45) is 4.30. The number of ether oxygens (including phenoxy) is 1. The van der Waals surface area contributed by atoms with Crippen molar-refractivity contribution in [3.63, 3.8) is 0 Å². The Morgan fingerprint density at radius 3 is 2.65 bits per heavy atom. The normalized spacial score (nSPS) is 21.3. The lowest BCUT2D eigenvalue weighted by Gasteiger charge is -2.27. The third kappa shape index (κ3) is 3.94. The van der Waals surface area contributed by atoms with Crippen molar-refractivity contribution in [2.45, 2.75) is 44.2 Å². The first-order chi connectivity index (χ1) is 11.2. The van der Waals surface area contributed by atoms with Crippen LogP contribution in [-0.4, -0.2) is 30.3 Å². The molecule has 1 fully saturated rings. The van der Waals surface area contributed by atoms with E-state index in [4.69, 9.17) is 4.74 Å². The second-order valence-corrected chi connectivity index (χ2v) is 7.74. The number of aromatic hydroxyl groups is 1. The summed E-state index contributed by atoms with van der Waals surface area (Å²) in [5.74, 6) is 0.103. The summed E-state index contributed by atoms with van der Waals surface area (Å²) in [6, 6.07) is 4.19. The molecule has 3 rings (SSSR count). The van der Waals surface area contributed by atoms with E-state index in [9.17, 15) is 9.90 Å². The van der Waals surface area contributed by atoms with Gasteiger partial charge in [-0.2, -0.15) is 0 Å². The molecule has 0 aromatic carbocycles. The van der Waals surface area contributed by atoms with Gasteiger partial charge in [-0.05, 0) is 55.6 Å². The van der Waals surface area contributed by atoms with Crippen molar-refractivity contribution in [3.05, 3.63) is 27.8 Å². The fraction of sp³-hybridized carbons (Fsp3) is 0.471. The molecule has 23 heavy (non-hydrogen) atoms. The molecule has 2 aromatic rings. The van der Waals surface area contributed by atoms with Gasteiger partial charge in [0.2, 0.25) is 0 Å². The Morgan fingerprint density at radius 1 is 1.26 bits per heavy atom. The lowest BCUT2D eigenvalue weighted by atomic mass is 9.93. The first-order valence-corrected chi connectivity index (χ1v) is 9.63. The number of hydrogen-bond acceptors (Lipinski definition) is 6. The number of esters is 1. The highest BCUT2D eigenvalue weighted by molar-refractivity contribution is 7.15. The molecule has 2 N–H and O–H groups in total. The lowest BCUT2D eigenvalue weighted by Crippen LogP contribution is -2.34. The highest BCUT2D eigenvalue weighted by Crippen LogP contribution is 2.39. The monoisotopic (exact) mass is 351 g/mol. The Hall–Kier alpha value is -1.37. The Labute approximate surface area is 144 Å². The average Bonchev–Trinajstić information content (AvgIpc) is 3.16. The smallest absolute Gasteiger partial charge is 0.311 e. The molecule has 0 bridgehead atoms. The molecule has 0 unspecified atom stereocenters. The molecule has 1 aliphatic rings. The molecule has 0 aliphatic heterocycles. The number of thiophene rings is 2. The maximum atomic E-state index is 12.2. The van der Waals surface area contributed by atoms with Gasteiger partial charge in [0.15, 0.2) is 0 Å². The maximum absolute atomic E-state index is 12.2. The summed E-state index contributed by atoms with van der Waals surface area (Å²) in [5, 5.41) is 17.0. The van der Waals surface area contributed by atoms with Crippen LogP contribution in [0.4, 0.5) is 0 Å². The van der Waals surface area contributed by atoms with Crippen LogP contribution in [-0.2, 0) is 16.0 Å². The molecule has 0 atom stereocenters. The van der Waals surface area contributed by atoms with Gasteiger partial charge in [-0.3, -0.25) is 4.79 Å². The van der Waals surface area contributed by atoms with Gasteiger partial charge in [0, 0.05) is 16.5 Å². The van der Waals surface area contributed by atoms with Crippen LogP contribution in [0.1, 0.15) is 30.6 Å². The van der Waals surface area contributed by atoms with Crippen LogP contribution in [0.3, 0.4) is 0 Å². The fourth-order valence-corrected chi connectivity index (χ4v) is 4.78. The number of nitrogens with one attached hydrogen (secondary N) is 1. The summed E-state index contributed by atoms with van der Waals surface area (Å²) in [6.45, 7) is 0. The third-order valence-electron chi connectivity index (χ3n) is 4.32. The van der Waals surface area contributed by atoms with Gasteiger partial charge in [-0.15, -0.1) is 22.7 Å². The van der Waals surface area contributed by atoms with Crippen LogP contribution >= 0.6 is 22.7 Å². The standard InChI is InChI=1S/C17H21NO3S2/c1-18-11-2-4-12(5-3-11)21-16(20)10-15-13(6-8-22-15)17-14(19)7-9-23-17/h6-9,11-12,18-19H,2-5,10H2,1H3. The highest BCUT2D eigenvalue weighted by atomic mass is 32.1. The first kappa shape index (κ1) is 16.5. The minimum Gasteiger partial charge on any atom is -0.506 e. The molecule has 2 aromatic heterocycles. The second-order valence-electron chi connectivity index (χ2n) is 5.82. The Balaban J connectivity index is 1.59. The van der Waals surface area contributed by atoms with E-state index in [1.54, 1.807) is 6.07 Å². The summed E-state index contributed by atoms with van der Waals surface area (Å²) in [7, 11) is 1.98. The van der Waals surface area contributed by atoms with E-state index in [1.165, 1.54) is 22.7 Å². The Bertz CT molecular complexity index is 656. The molecule has 6 heteroatoms. The highest BCUT2D eigenvalue weighted by Gasteiger charge is 2.24. The average molecular weight is 351 g/mol. The number of carbonyl (C=O) groups excluding carboxylic acids is 1. The van der Waals surface area contributed by atoms with E-state index in [1.807, 2.05) is 23.9 Å². The van der Waals surface area contributed by atoms with Gasteiger partial charge in [0.05, 0.1) is 11.3 Å². The molecule has 1 saturated carbocycles. The van der Waals surface area contributed by atoms with E-state index in [0.717, 1.165) is 41.0 Å². The SMILES string of the molecule is CNC1CCC(OC(=O)Cc2sccc2-c2sccc2O)CC1. The molecular weight excluding hydrogens is 330 g/mol. The minimum atomic E-state index is -0.169. The number of hydrogen-bond donors (Lipinski definition) is 2. The van der Waals surface area contributed by atoms with Gasteiger partial charge in [0.25, 0.3) is 0 Å². The van der Waals surface area contributed by atoms with Crippen LogP contribution in [0, 0.1) is 0 Å². The van der Waals surface area contributed by atoms with Crippen LogP contribution in [0.25, 0.3) is 10.4 Å². The van der Waals surface area contributed by atoms with Crippen molar-refractivity contribution in [1.29, 1.82) is 0 Å². The molecule has 4 nitrogen and oxygen atoms in total. The van der Waals surface area contributed by atoms with Crippen molar-refractivity contribution >= 4 is 28.6 Å². The van der Waals surface area contributed by atoms with Crippen LogP contribution in [0.2, 0.25) is 0 Å². The van der Waals surface area contributed by atoms with Crippen molar-refractivity contribution in [2.24, 2.45) is 0 Å². The van der Waals surface area contributed by atoms with Crippen LogP contribution < -0.4 is 5.32 Å². The van der Waals surface area contributed by atoms with Crippen molar-refractivity contribution in [3.8, 4) is 16.2 Å². The molecule has 0 saturated heterocycles. The molecule has 2 heterocycles. The van der Waals surface area contributed by atoms with E-state index in [2.05, 4.69) is 5.32 Å². The van der Waals surface area contributed by atoms with Gasteiger partial charge in [-0.25, -0.2) is 0 Å². The minimum absolute atomic E-state index is 0.0469. The Kier molecular flexibility index (Phi) is 5.35. The topological polar surface area (TPSA) is 58.6 Å². The lowest BCUT2D eigenvalue weighted by molar-refractivity contribution is -0.149. The van der Waals surface area contributed by atoms with E-state index in [0.29, 0.717) is 6.04 Å². The first-order valence-electron chi connectivity index (χ1n) is 7.87. The number of rotatable bonds is 5. The van der Waals surface area contributed by atoms with Crippen LogP contribution in [0.5, 0.6) is 5.75 Å². The van der Waals surface area contributed by atoms with E-state index < -0.39 is 0 Å². The van der Waals surface area contributed by atoms with Crippen molar-refractivity contribution < 1.29 is 14.6 Å². The predicted octanol–water partition coefficient (Wildman–Crippen LogP) is 3.80. The molecule has 0 radical (unpaired) electrons. The third-order valence-corrected chi connectivity index (χ3v) is 6.18. The van der Waals surface area contributed by atoms with Gasteiger partial charge < -0.3 is 15.2 Å². The second kappa shape index (κ2) is 7.47. The zero-order valence-electron chi connectivity index (χ0n) is 13.1. The van der Waals surface area contributed by atoms with Gasteiger partial charge in [-0.1, -0.05) is 0 Å². The summed E-state index contributed by atoms with van der Waals surface area (Å²) >= 11 is 3.02.